The van der Waals surface area contributed by atoms with Gasteiger partial charge in [-0.1, -0.05) is 6.07 Å². The zero-order valence-electron chi connectivity index (χ0n) is 9.85. The number of carboxylic acids is 1. The molecule has 1 aromatic carbocycles. The van der Waals surface area contributed by atoms with Crippen molar-refractivity contribution in [2.75, 3.05) is 26.4 Å². The van der Waals surface area contributed by atoms with Gasteiger partial charge in [0.2, 0.25) is 0 Å². The summed E-state index contributed by atoms with van der Waals surface area (Å²) in [5, 5.41) is 9.00. The van der Waals surface area contributed by atoms with E-state index in [2.05, 4.69) is 0 Å². The molecule has 5 nitrogen and oxygen atoms in total. The highest BCUT2D eigenvalue weighted by Crippen LogP contribution is 2.40. The molecule has 0 amide bonds. The van der Waals surface area contributed by atoms with Gasteiger partial charge < -0.3 is 19.3 Å². The largest absolute Gasteiger partial charge is 0.486 e. The Kier molecular flexibility index (Phi) is 2.63. The van der Waals surface area contributed by atoms with Gasteiger partial charge in [0.1, 0.15) is 13.2 Å². The lowest BCUT2D eigenvalue weighted by Crippen LogP contribution is -2.48. The molecule has 5 heteroatoms. The average Bonchev–Trinajstić information content (AvgIpc) is 2.33. The molecule has 2 heterocycles. The van der Waals surface area contributed by atoms with Gasteiger partial charge in [-0.25, -0.2) is 0 Å². The number of carbonyl (C=O) groups is 1. The van der Waals surface area contributed by atoms with Crippen LogP contribution in [-0.2, 0) is 14.9 Å². The van der Waals surface area contributed by atoms with Crippen LogP contribution in [-0.4, -0.2) is 37.5 Å². The van der Waals surface area contributed by atoms with Gasteiger partial charge in [-0.15, -0.1) is 0 Å². The second-order valence-corrected chi connectivity index (χ2v) is 4.70. The minimum Gasteiger partial charge on any atom is -0.486 e. The molecule has 0 saturated carbocycles. The van der Waals surface area contributed by atoms with Gasteiger partial charge in [0.05, 0.1) is 25.0 Å². The fourth-order valence-corrected chi connectivity index (χ4v) is 2.38. The molecule has 1 aromatic rings. The topological polar surface area (TPSA) is 65.0 Å². The van der Waals surface area contributed by atoms with Crippen LogP contribution in [0, 0.1) is 0 Å². The van der Waals surface area contributed by atoms with Crippen molar-refractivity contribution in [1.29, 1.82) is 0 Å². The maximum absolute atomic E-state index is 11.0. The number of fused-ring (bicyclic) bond motifs is 1. The smallest absolute Gasteiger partial charge is 0.304 e. The lowest BCUT2D eigenvalue weighted by atomic mass is 9.76. The summed E-state index contributed by atoms with van der Waals surface area (Å²) in [6.45, 7) is 1.96. The molecular formula is C13H14O5. The van der Waals surface area contributed by atoms with Crippen molar-refractivity contribution in [3.8, 4) is 11.5 Å². The first-order valence-corrected chi connectivity index (χ1v) is 5.89. The van der Waals surface area contributed by atoms with Crippen LogP contribution in [0.25, 0.3) is 0 Å². The Morgan fingerprint density at radius 2 is 1.94 bits per heavy atom. The number of benzene rings is 1. The van der Waals surface area contributed by atoms with Crippen molar-refractivity contribution in [2.45, 2.75) is 11.8 Å². The third kappa shape index (κ3) is 1.80. The Bertz CT molecular complexity index is 478. The lowest BCUT2D eigenvalue weighted by Gasteiger charge is -2.41. The van der Waals surface area contributed by atoms with Gasteiger partial charge >= 0.3 is 5.97 Å². The maximum atomic E-state index is 11.0. The molecule has 18 heavy (non-hydrogen) atoms. The predicted molar refractivity (Wildman–Crippen MR) is 62.2 cm³/mol. The van der Waals surface area contributed by atoms with Crippen molar-refractivity contribution < 1.29 is 24.1 Å². The first-order chi connectivity index (χ1) is 8.70. The van der Waals surface area contributed by atoms with Gasteiger partial charge in [-0.3, -0.25) is 4.79 Å². The van der Waals surface area contributed by atoms with E-state index >= 15 is 0 Å². The number of ether oxygens (including phenoxy) is 3. The fraction of sp³-hybridized carbons (Fsp3) is 0.462. The van der Waals surface area contributed by atoms with Crippen molar-refractivity contribution in [3.05, 3.63) is 23.8 Å². The molecular weight excluding hydrogens is 236 g/mol. The molecule has 0 aromatic heterocycles. The van der Waals surface area contributed by atoms with Crippen LogP contribution in [0.3, 0.4) is 0 Å². The molecule has 2 aliphatic rings. The molecule has 0 bridgehead atoms. The molecule has 1 N–H and O–H groups in total. The van der Waals surface area contributed by atoms with Crippen molar-refractivity contribution in [2.24, 2.45) is 0 Å². The highest BCUT2D eigenvalue weighted by Gasteiger charge is 2.42. The van der Waals surface area contributed by atoms with E-state index < -0.39 is 11.4 Å². The molecule has 0 unspecified atom stereocenters. The SMILES string of the molecule is O=C(O)CC1(c2ccc3c(c2)OCCO3)COC1. The Hall–Kier alpha value is -1.75. The highest BCUT2D eigenvalue weighted by atomic mass is 16.6. The van der Waals surface area contributed by atoms with Crippen LogP contribution >= 0.6 is 0 Å². The zero-order valence-corrected chi connectivity index (χ0v) is 9.85. The molecule has 1 fully saturated rings. The van der Waals surface area contributed by atoms with E-state index in [1.807, 2.05) is 18.2 Å². The predicted octanol–water partition coefficient (Wildman–Crippen LogP) is 1.20. The van der Waals surface area contributed by atoms with Gasteiger partial charge in [0.15, 0.2) is 11.5 Å². The van der Waals surface area contributed by atoms with Crippen molar-refractivity contribution in [1.82, 2.24) is 0 Å². The van der Waals surface area contributed by atoms with Crippen molar-refractivity contribution in [3.63, 3.8) is 0 Å². The molecule has 0 aliphatic carbocycles. The Labute approximate surface area is 104 Å². The van der Waals surface area contributed by atoms with E-state index in [1.54, 1.807) is 0 Å². The molecule has 2 aliphatic heterocycles. The van der Waals surface area contributed by atoms with E-state index in [0.717, 1.165) is 11.3 Å². The van der Waals surface area contributed by atoms with Crippen LogP contribution in [0.4, 0.5) is 0 Å². The highest BCUT2D eigenvalue weighted by molar-refractivity contribution is 5.69. The average molecular weight is 250 g/mol. The van der Waals surface area contributed by atoms with E-state index in [4.69, 9.17) is 19.3 Å². The third-order valence-corrected chi connectivity index (χ3v) is 3.40. The second-order valence-electron chi connectivity index (χ2n) is 4.70. The number of aliphatic carboxylic acids is 1. The van der Waals surface area contributed by atoms with Crippen LogP contribution in [0.5, 0.6) is 11.5 Å². The summed E-state index contributed by atoms with van der Waals surface area (Å²) in [6, 6.07) is 5.62. The standard InChI is InChI=1S/C13H14O5/c14-12(15)6-13(7-16-8-13)9-1-2-10-11(5-9)18-4-3-17-10/h1-2,5H,3-4,6-8H2,(H,14,15). The number of carboxylic acid groups (broad SMARTS) is 1. The van der Waals surface area contributed by atoms with Crippen molar-refractivity contribution >= 4 is 5.97 Å². The second kappa shape index (κ2) is 4.17. The summed E-state index contributed by atoms with van der Waals surface area (Å²) < 4.78 is 16.2. The Morgan fingerprint density at radius 1 is 1.22 bits per heavy atom. The monoisotopic (exact) mass is 250 g/mol. The molecule has 0 radical (unpaired) electrons. The molecule has 0 atom stereocenters. The van der Waals surface area contributed by atoms with E-state index in [9.17, 15) is 4.79 Å². The van der Waals surface area contributed by atoms with Crippen LogP contribution in [0.1, 0.15) is 12.0 Å². The van der Waals surface area contributed by atoms with Gasteiger partial charge in [-0.2, -0.15) is 0 Å². The number of rotatable bonds is 3. The van der Waals surface area contributed by atoms with Gasteiger partial charge in [0, 0.05) is 0 Å². The van der Waals surface area contributed by atoms with E-state index in [-0.39, 0.29) is 6.42 Å². The summed E-state index contributed by atoms with van der Waals surface area (Å²) in [5.74, 6) is 0.597. The summed E-state index contributed by atoms with van der Waals surface area (Å²) in [7, 11) is 0. The van der Waals surface area contributed by atoms with E-state index in [0.29, 0.717) is 32.2 Å². The summed E-state index contributed by atoms with van der Waals surface area (Å²) in [4.78, 5) is 11.0. The lowest BCUT2D eigenvalue weighted by molar-refractivity contribution is -0.145. The maximum Gasteiger partial charge on any atom is 0.304 e. The van der Waals surface area contributed by atoms with E-state index in [1.165, 1.54) is 0 Å². The quantitative estimate of drug-likeness (QED) is 0.873. The zero-order chi connectivity index (χ0) is 12.6. The molecule has 1 saturated heterocycles. The molecule has 3 rings (SSSR count). The Balaban J connectivity index is 1.93. The first kappa shape index (κ1) is 11.3. The Morgan fingerprint density at radius 3 is 2.56 bits per heavy atom. The third-order valence-electron chi connectivity index (χ3n) is 3.40. The molecule has 96 valence electrons. The summed E-state index contributed by atoms with van der Waals surface area (Å²) in [6.07, 6.45) is 0.0760. The van der Waals surface area contributed by atoms with Crippen LogP contribution in [0.2, 0.25) is 0 Å². The minimum atomic E-state index is -0.812. The fourth-order valence-electron chi connectivity index (χ4n) is 2.38. The summed E-state index contributed by atoms with van der Waals surface area (Å²) in [5.41, 5.74) is 0.530. The number of hydrogen-bond donors (Lipinski definition) is 1. The normalized spacial score (nSPS) is 20.0. The number of hydrogen-bond acceptors (Lipinski definition) is 4. The summed E-state index contributed by atoms with van der Waals surface area (Å²) >= 11 is 0. The first-order valence-electron chi connectivity index (χ1n) is 5.89. The van der Waals surface area contributed by atoms with Gasteiger partial charge in [-0.05, 0) is 17.7 Å². The van der Waals surface area contributed by atoms with Gasteiger partial charge in [0.25, 0.3) is 0 Å². The molecule has 0 spiro atoms. The van der Waals surface area contributed by atoms with Crippen LogP contribution in [0.15, 0.2) is 18.2 Å². The minimum absolute atomic E-state index is 0.0760. The van der Waals surface area contributed by atoms with Crippen LogP contribution < -0.4 is 9.47 Å².